The molecule has 4 rings (SSSR count). The average Bonchev–Trinajstić information content (AvgIpc) is 3.14. The molecule has 2 heterocycles. The number of sulfone groups is 1. The van der Waals surface area contributed by atoms with E-state index < -0.39 is 9.84 Å². The van der Waals surface area contributed by atoms with Crippen molar-refractivity contribution in [2.24, 2.45) is 0 Å². The molecule has 1 unspecified atom stereocenters. The van der Waals surface area contributed by atoms with Gasteiger partial charge in [-0.25, -0.2) is 8.42 Å². The second-order valence-corrected chi connectivity index (χ2v) is 10.6. The predicted molar refractivity (Wildman–Crippen MR) is 124 cm³/mol. The number of likely N-dealkylation sites (tertiary alicyclic amines) is 1. The van der Waals surface area contributed by atoms with Gasteiger partial charge in [0.2, 0.25) is 5.91 Å². The molecule has 2 aromatic carbocycles. The van der Waals surface area contributed by atoms with Crippen molar-refractivity contribution in [1.29, 1.82) is 0 Å². The van der Waals surface area contributed by atoms with Gasteiger partial charge in [-0.2, -0.15) is 0 Å². The number of nitrogens with zero attached hydrogens (tertiary/aromatic N) is 2. The maximum absolute atomic E-state index is 13.3. The minimum Gasteiger partial charge on any atom is -0.338 e. The molecule has 1 fully saturated rings. The Morgan fingerprint density at radius 1 is 1.10 bits per heavy atom. The van der Waals surface area contributed by atoms with Gasteiger partial charge in [-0.15, -0.1) is 0 Å². The van der Waals surface area contributed by atoms with Crippen LogP contribution in [0.3, 0.4) is 0 Å². The van der Waals surface area contributed by atoms with Gasteiger partial charge < -0.3 is 9.47 Å². The number of amides is 1. The summed E-state index contributed by atoms with van der Waals surface area (Å²) in [7, 11) is -3.60. The zero-order valence-corrected chi connectivity index (χ0v) is 19.2. The number of hydrogen-bond acceptors (Lipinski definition) is 3. The standard InChI is InChI=1S/C24H27ClN2O3S/c1-2-20-7-5-6-14-27(20)24(28)16-26-15-23(21-8-3-4-9-22(21)26)31(29,30)17-18-10-12-19(25)13-11-18/h3-4,8-13,15,20H,2,5-7,14,16-17H2,1H3. The maximum Gasteiger partial charge on any atom is 0.242 e. The highest BCUT2D eigenvalue weighted by molar-refractivity contribution is 7.90. The molecule has 1 amide bonds. The van der Waals surface area contributed by atoms with Gasteiger partial charge >= 0.3 is 0 Å². The molecule has 164 valence electrons. The summed E-state index contributed by atoms with van der Waals surface area (Å²) in [6.45, 7) is 3.04. The third kappa shape index (κ3) is 4.65. The van der Waals surface area contributed by atoms with Gasteiger partial charge in [-0.05, 0) is 49.4 Å². The van der Waals surface area contributed by atoms with Crippen molar-refractivity contribution in [3.05, 3.63) is 65.3 Å². The van der Waals surface area contributed by atoms with Crippen LogP contribution in [-0.2, 0) is 26.9 Å². The lowest BCUT2D eigenvalue weighted by atomic mass is 10.00. The van der Waals surface area contributed by atoms with E-state index in [1.54, 1.807) is 41.1 Å². The van der Waals surface area contributed by atoms with Crippen molar-refractivity contribution in [2.75, 3.05) is 6.54 Å². The molecule has 0 saturated carbocycles. The van der Waals surface area contributed by atoms with Crippen molar-refractivity contribution < 1.29 is 13.2 Å². The number of halogens is 1. The zero-order valence-electron chi connectivity index (χ0n) is 17.6. The normalized spacial score (nSPS) is 17.2. The number of carbonyl (C=O) groups is 1. The predicted octanol–water partition coefficient (Wildman–Crippen LogP) is 5.06. The number of benzene rings is 2. The number of hydrogen-bond donors (Lipinski definition) is 0. The second-order valence-electron chi connectivity index (χ2n) is 8.17. The van der Waals surface area contributed by atoms with Crippen molar-refractivity contribution >= 4 is 38.2 Å². The van der Waals surface area contributed by atoms with E-state index in [9.17, 15) is 13.2 Å². The summed E-state index contributed by atoms with van der Waals surface area (Å²) in [5, 5.41) is 1.22. The van der Waals surface area contributed by atoms with Crippen molar-refractivity contribution in [3.8, 4) is 0 Å². The van der Waals surface area contributed by atoms with E-state index in [0.717, 1.165) is 37.7 Å². The molecular weight excluding hydrogens is 432 g/mol. The average molecular weight is 459 g/mol. The van der Waals surface area contributed by atoms with Crippen molar-refractivity contribution in [1.82, 2.24) is 9.47 Å². The molecule has 0 bridgehead atoms. The Hall–Kier alpha value is -2.31. The van der Waals surface area contributed by atoms with Gasteiger partial charge in [0.1, 0.15) is 6.54 Å². The lowest BCUT2D eigenvalue weighted by Crippen LogP contribution is -2.44. The number of fused-ring (bicyclic) bond motifs is 1. The van der Waals surface area contributed by atoms with E-state index in [4.69, 9.17) is 11.6 Å². The van der Waals surface area contributed by atoms with Gasteiger partial charge in [-0.1, -0.05) is 48.9 Å². The highest BCUT2D eigenvalue weighted by Gasteiger charge is 2.27. The van der Waals surface area contributed by atoms with Crippen LogP contribution in [0, 0.1) is 0 Å². The minimum absolute atomic E-state index is 0.0500. The van der Waals surface area contributed by atoms with Gasteiger partial charge in [0, 0.05) is 34.7 Å². The summed E-state index contributed by atoms with van der Waals surface area (Å²) < 4.78 is 28.3. The van der Waals surface area contributed by atoms with Crippen LogP contribution in [0.15, 0.2) is 59.6 Å². The Labute approximate surface area is 188 Å². The molecule has 5 nitrogen and oxygen atoms in total. The topological polar surface area (TPSA) is 59.4 Å². The van der Waals surface area contributed by atoms with E-state index in [0.29, 0.717) is 16.0 Å². The fourth-order valence-electron chi connectivity index (χ4n) is 4.46. The van der Waals surface area contributed by atoms with Crippen LogP contribution in [0.25, 0.3) is 10.9 Å². The van der Waals surface area contributed by atoms with Crippen LogP contribution in [0.2, 0.25) is 5.02 Å². The van der Waals surface area contributed by atoms with E-state index in [1.807, 2.05) is 23.1 Å². The first-order chi connectivity index (χ1) is 14.9. The summed E-state index contributed by atoms with van der Waals surface area (Å²) in [5.74, 6) is -0.0650. The minimum atomic E-state index is -3.60. The van der Waals surface area contributed by atoms with Gasteiger partial charge in [-0.3, -0.25) is 4.79 Å². The first-order valence-corrected chi connectivity index (χ1v) is 12.8. The molecule has 1 aromatic heterocycles. The molecule has 7 heteroatoms. The lowest BCUT2D eigenvalue weighted by Gasteiger charge is -2.35. The molecule has 0 spiro atoms. The molecule has 0 radical (unpaired) electrons. The van der Waals surface area contributed by atoms with Crippen LogP contribution in [0.5, 0.6) is 0 Å². The Kier molecular flexibility index (Phi) is 6.39. The summed E-state index contributed by atoms with van der Waals surface area (Å²) in [5.41, 5.74) is 1.44. The largest absolute Gasteiger partial charge is 0.338 e. The Morgan fingerprint density at radius 2 is 1.84 bits per heavy atom. The summed E-state index contributed by atoms with van der Waals surface area (Å²) in [6, 6.07) is 14.5. The molecule has 3 aromatic rings. The molecular formula is C24H27ClN2O3S. The van der Waals surface area contributed by atoms with E-state index in [-0.39, 0.29) is 29.1 Å². The highest BCUT2D eigenvalue weighted by Crippen LogP contribution is 2.29. The van der Waals surface area contributed by atoms with Crippen LogP contribution in [-0.4, -0.2) is 36.4 Å². The lowest BCUT2D eigenvalue weighted by molar-refractivity contribution is -0.135. The Balaban J connectivity index is 1.65. The SMILES string of the molecule is CCC1CCCCN1C(=O)Cn1cc(S(=O)(=O)Cc2ccc(Cl)cc2)c2ccccc21. The van der Waals surface area contributed by atoms with Gasteiger partial charge in [0.05, 0.1) is 10.6 Å². The number of carbonyl (C=O) groups excluding carboxylic acids is 1. The van der Waals surface area contributed by atoms with E-state index in [1.165, 1.54) is 0 Å². The monoisotopic (exact) mass is 458 g/mol. The molecule has 1 aliphatic heterocycles. The molecule has 0 N–H and O–H groups in total. The number of rotatable bonds is 6. The molecule has 1 atom stereocenters. The van der Waals surface area contributed by atoms with Crippen molar-refractivity contribution in [3.63, 3.8) is 0 Å². The first-order valence-electron chi connectivity index (χ1n) is 10.7. The van der Waals surface area contributed by atoms with E-state index in [2.05, 4.69) is 6.92 Å². The Bertz CT molecular complexity index is 1190. The highest BCUT2D eigenvalue weighted by atomic mass is 35.5. The molecule has 0 aliphatic carbocycles. The van der Waals surface area contributed by atoms with Crippen molar-refractivity contribution in [2.45, 2.75) is 55.8 Å². The summed E-state index contributed by atoms with van der Waals surface area (Å²) in [4.78, 5) is 15.3. The van der Waals surface area contributed by atoms with Gasteiger partial charge in [0.15, 0.2) is 9.84 Å². The third-order valence-electron chi connectivity index (χ3n) is 6.08. The second kappa shape index (κ2) is 9.05. The van der Waals surface area contributed by atoms with Crippen LogP contribution >= 0.6 is 11.6 Å². The zero-order chi connectivity index (χ0) is 22.0. The fourth-order valence-corrected chi connectivity index (χ4v) is 6.17. The number of para-hydroxylation sites is 1. The van der Waals surface area contributed by atoms with Crippen LogP contribution < -0.4 is 0 Å². The third-order valence-corrected chi connectivity index (χ3v) is 8.04. The van der Waals surface area contributed by atoms with Crippen LogP contribution in [0.1, 0.15) is 38.2 Å². The quantitative estimate of drug-likeness (QED) is 0.518. The Morgan fingerprint density at radius 3 is 2.58 bits per heavy atom. The first kappa shape index (κ1) is 21.9. The number of piperidine rings is 1. The summed E-state index contributed by atoms with van der Waals surface area (Å²) >= 11 is 5.93. The smallest absolute Gasteiger partial charge is 0.242 e. The molecule has 1 saturated heterocycles. The number of aromatic nitrogens is 1. The molecule has 31 heavy (non-hydrogen) atoms. The molecule has 1 aliphatic rings. The van der Waals surface area contributed by atoms with E-state index >= 15 is 0 Å². The summed E-state index contributed by atoms with van der Waals surface area (Å²) in [6.07, 6.45) is 5.78. The maximum atomic E-state index is 13.3. The van der Waals surface area contributed by atoms with Crippen LogP contribution in [0.4, 0.5) is 0 Å². The fraction of sp³-hybridized carbons (Fsp3) is 0.375. The van der Waals surface area contributed by atoms with Gasteiger partial charge in [0.25, 0.3) is 0 Å².